The summed E-state index contributed by atoms with van der Waals surface area (Å²) in [5, 5.41) is 12.5. The molecule has 1 saturated carbocycles. The summed E-state index contributed by atoms with van der Waals surface area (Å²) in [5.74, 6) is 1.48. The van der Waals surface area contributed by atoms with Gasteiger partial charge in [-0.05, 0) is 31.4 Å². The van der Waals surface area contributed by atoms with Crippen molar-refractivity contribution in [3.8, 4) is 6.07 Å². The van der Waals surface area contributed by atoms with Crippen LogP contribution in [0.4, 0.5) is 5.82 Å². The normalized spacial score (nSPS) is 24.4. The highest BCUT2D eigenvalue weighted by molar-refractivity contribution is 7.85. The molecule has 2 rings (SSSR count). The van der Waals surface area contributed by atoms with Crippen molar-refractivity contribution in [2.45, 2.75) is 43.9 Å². The second kappa shape index (κ2) is 6.67. The van der Waals surface area contributed by atoms with Gasteiger partial charge < -0.3 is 5.32 Å². The molecule has 4 nitrogen and oxygen atoms in total. The van der Waals surface area contributed by atoms with E-state index in [0.29, 0.717) is 17.0 Å². The number of aromatic nitrogens is 1. The summed E-state index contributed by atoms with van der Waals surface area (Å²) in [4.78, 5) is 4.23. The average molecular weight is 277 g/mol. The SMILES string of the molecule is CC[S@](=O)[C@@H]1CCC[C@@H](Nc2cccc(C#N)n2)C1. The maximum Gasteiger partial charge on any atom is 0.142 e. The van der Waals surface area contributed by atoms with Gasteiger partial charge in [0.15, 0.2) is 0 Å². The van der Waals surface area contributed by atoms with Crippen molar-refractivity contribution in [3.63, 3.8) is 0 Å². The molecule has 0 radical (unpaired) electrons. The van der Waals surface area contributed by atoms with Crippen LogP contribution in [0, 0.1) is 11.3 Å². The third-order valence-electron chi connectivity index (χ3n) is 3.50. The van der Waals surface area contributed by atoms with E-state index in [1.165, 1.54) is 0 Å². The highest BCUT2D eigenvalue weighted by atomic mass is 32.2. The molecule has 0 aliphatic heterocycles. The van der Waals surface area contributed by atoms with Gasteiger partial charge in [0, 0.05) is 27.8 Å². The van der Waals surface area contributed by atoms with E-state index in [-0.39, 0.29) is 0 Å². The Balaban J connectivity index is 1.98. The molecule has 5 heteroatoms. The minimum atomic E-state index is -0.711. The van der Waals surface area contributed by atoms with Crippen LogP contribution >= 0.6 is 0 Å². The quantitative estimate of drug-likeness (QED) is 0.918. The zero-order chi connectivity index (χ0) is 13.7. The largest absolute Gasteiger partial charge is 0.367 e. The number of nitrogens with zero attached hydrogens (tertiary/aromatic N) is 2. The van der Waals surface area contributed by atoms with Crippen LogP contribution < -0.4 is 5.32 Å². The summed E-state index contributed by atoms with van der Waals surface area (Å²) < 4.78 is 11.9. The minimum Gasteiger partial charge on any atom is -0.367 e. The van der Waals surface area contributed by atoms with E-state index >= 15 is 0 Å². The third-order valence-corrected chi connectivity index (χ3v) is 5.24. The second-order valence-corrected chi connectivity index (χ2v) is 6.82. The number of anilines is 1. The van der Waals surface area contributed by atoms with Gasteiger partial charge in [0.05, 0.1) is 0 Å². The third kappa shape index (κ3) is 3.77. The van der Waals surface area contributed by atoms with Crippen molar-refractivity contribution < 1.29 is 4.21 Å². The Labute approximate surface area is 116 Å². The highest BCUT2D eigenvalue weighted by Crippen LogP contribution is 2.25. The molecule has 1 N–H and O–H groups in total. The predicted molar refractivity (Wildman–Crippen MR) is 77.3 cm³/mol. The van der Waals surface area contributed by atoms with Crippen LogP contribution in [0.1, 0.15) is 38.3 Å². The summed E-state index contributed by atoms with van der Waals surface area (Å²) in [6.45, 7) is 1.98. The Morgan fingerprint density at radius 2 is 2.37 bits per heavy atom. The molecule has 0 spiro atoms. The second-order valence-electron chi connectivity index (χ2n) is 4.82. The zero-order valence-corrected chi connectivity index (χ0v) is 11.9. The Morgan fingerprint density at radius 3 is 3.11 bits per heavy atom. The van der Waals surface area contributed by atoms with Crippen LogP contribution in [0.15, 0.2) is 18.2 Å². The molecule has 0 bridgehead atoms. The van der Waals surface area contributed by atoms with Gasteiger partial charge in [-0.25, -0.2) is 4.98 Å². The fourth-order valence-corrected chi connectivity index (χ4v) is 3.88. The molecular weight excluding hydrogens is 258 g/mol. The van der Waals surface area contributed by atoms with Gasteiger partial charge in [0.2, 0.25) is 0 Å². The van der Waals surface area contributed by atoms with Crippen LogP contribution in [-0.2, 0) is 10.8 Å². The number of rotatable bonds is 4. The lowest BCUT2D eigenvalue weighted by molar-refractivity contribution is 0.464. The van der Waals surface area contributed by atoms with E-state index in [4.69, 9.17) is 5.26 Å². The first-order chi connectivity index (χ1) is 9.22. The van der Waals surface area contributed by atoms with Crippen LogP contribution in [-0.4, -0.2) is 26.2 Å². The topological polar surface area (TPSA) is 65.8 Å². The first kappa shape index (κ1) is 14.0. The number of hydrogen-bond donors (Lipinski definition) is 1. The molecule has 1 heterocycles. The Kier molecular flexibility index (Phi) is 4.92. The molecule has 19 heavy (non-hydrogen) atoms. The summed E-state index contributed by atoms with van der Waals surface area (Å²) in [7, 11) is -0.711. The van der Waals surface area contributed by atoms with Crippen molar-refractivity contribution in [1.29, 1.82) is 5.26 Å². The van der Waals surface area contributed by atoms with Gasteiger partial charge in [-0.1, -0.05) is 19.4 Å². The monoisotopic (exact) mass is 277 g/mol. The lowest BCUT2D eigenvalue weighted by atomic mass is 9.95. The lowest BCUT2D eigenvalue weighted by Crippen LogP contribution is -2.33. The molecule has 1 aromatic heterocycles. The number of pyridine rings is 1. The van der Waals surface area contributed by atoms with Crippen LogP contribution in [0.3, 0.4) is 0 Å². The molecule has 1 aliphatic rings. The van der Waals surface area contributed by atoms with Crippen LogP contribution in [0.2, 0.25) is 0 Å². The minimum absolute atomic E-state index is 0.301. The number of hydrogen-bond acceptors (Lipinski definition) is 4. The molecule has 0 unspecified atom stereocenters. The molecule has 3 atom stereocenters. The van der Waals surface area contributed by atoms with Crippen LogP contribution in [0.5, 0.6) is 0 Å². The fraction of sp³-hybridized carbons (Fsp3) is 0.571. The fourth-order valence-electron chi connectivity index (χ4n) is 2.54. The van der Waals surface area contributed by atoms with Crippen molar-refractivity contribution in [2.75, 3.05) is 11.1 Å². The zero-order valence-electron chi connectivity index (χ0n) is 11.1. The van der Waals surface area contributed by atoms with Gasteiger partial charge in [-0.3, -0.25) is 4.21 Å². The molecular formula is C14H19N3OS. The predicted octanol–water partition coefficient (Wildman–Crippen LogP) is 2.44. The summed E-state index contributed by atoms with van der Waals surface area (Å²) >= 11 is 0. The first-order valence-corrected chi connectivity index (χ1v) is 8.12. The van der Waals surface area contributed by atoms with E-state index in [0.717, 1.165) is 37.3 Å². The average Bonchev–Trinajstić information content (AvgIpc) is 2.47. The molecule has 0 saturated heterocycles. The van der Waals surface area contributed by atoms with Crippen molar-refractivity contribution in [1.82, 2.24) is 4.98 Å². The molecule has 1 aliphatic carbocycles. The summed E-state index contributed by atoms with van der Waals surface area (Å²) in [6.07, 6.45) is 4.17. The first-order valence-electron chi connectivity index (χ1n) is 6.73. The Bertz CT molecular complexity index is 498. The van der Waals surface area contributed by atoms with E-state index in [9.17, 15) is 4.21 Å². The van der Waals surface area contributed by atoms with Gasteiger partial charge in [-0.2, -0.15) is 5.26 Å². The number of nitriles is 1. The van der Waals surface area contributed by atoms with Gasteiger partial charge in [0.25, 0.3) is 0 Å². The van der Waals surface area contributed by atoms with Gasteiger partial charge in [-0.15, -0.1) is 0 Å². The van der Waals surface area contributed by atoms with E-state index in [1.54, 1.807) is 6.07 Å². The Morgan fingerprint density at radius 1 is 1.53 bits per heavy atom. The van der Waals surface area contributed by atoms with Crippen LogP contribution in [0.25, 0.3) is 0 Å². The standard InChI is InChI=1S/C14H19N3OS/c1-2-19(18)13-7-3-5-11(9-13)16-14-8-4-6-12(10-15)17-14/h4,6,8,11,13H,2-3,5,7,9H2,1H3,(H,16,17)/t11-,13-,19+/m1/s1. The smallest absolute Gasteiger partial charge is 0.142 e. The summed E-state index contributed by atoms with van der Waals surface area (Å²) in [6, 6.07) is 7.76. The molecule has 1 fully saturated rings. The molecule has 0 aromatic carbocycles. The van der Waals surface area contributed by atoms with Crippen molar-refractivity contribution >= 4 is 16.6 Å². The van der Waals surface area contributed by atoms with E-state index < -0.39 is 10.8 Å². The van der Waals surface area contributed by atoms with E-state index in [2.05, 4.69) is 10.3 Å². The van der Waals surface area contributed by atoms with Gasteiger partial charge in [0.1, 0.15) is 17.6 Å². The Hall–Kier alpha value is -1.41. The van der Waals surface area contributed by atoms with E-state index in [1.807, 2.05) is 25.1 Å². The van der Waals surface area contributed by atoms with Crippen molar-refractivity contribution in [2.24, 2.45) is 0 Å². The molecule has 1 aromatic rings. The van der Waals surface area contributed by atoms with Gasteiger partial charge >= 0.3 is 0 Å². The maximum absolute atomic E-state index is 11.9. The number of nitrogens with one attached hydrogen (secondary N) is 1. The highest BCUT2D eigenvalue weighted by Gasteiger charge is 2.25. The molecule has 0 amide bonds. The lowest BCUT2D eigenvalue weighted by Gasteiger charge is -2.29. The maximum atomic E-state index is 11.9. The molecule has 102 valence electrons. The van der Waals surface area contributed by atoms with Crippen molar-refractivity contribution in [3.05, 3.63) is 23.9 Å². The summed E-state index contributed by atoms with van der Waals surface area (Å²) in [5.41, 5.74) is 0.425.